The molecule has 0 spiro atoms. The van der Waals surface area contributed by atoms with Gasteiger partial charge in [0.25, 0.3) is 5.89 Å². The predicted molar refractivity (Wildman–Crippen MR) is 96.1 cm³/mol. The molecule has 0 atom stereocenters. The lowest BCUT2D eigenvalue weighted by atomic mass is 10.3. The van der Waals surface area contributed by atoms with Gasteiger partial charge < -0.3 is 14.2 Å². The Morgan fingerprint density at radius 1 is 1.33 bits per heavy atom. The molecule has 3 rings (SSSR count). The number of rotatable bonds is 6. The van der Waals surface area contributed by atoms with E-state index in [-0.39, 0.29) is 33.9 Å². The van der Waals surface area contributed by atoms with Crippen LogP contribution >= 0.6 is 0 Å². The van der Waals surface area contributed by atoms with Crippen LogP contribution < -0.4 is 5.32 Å². The summed E-state index contributed by atoms with van der Waals surface area (Å²) in [7, 11) is -0.805. The van der Waals surface area contributed by atoms with Crippen LogP contribution in [0.5, 0.6) is 0 Å². The summed E-state index contributed by atoms with van der Waals surface area (Å²) in [6, 6.07) is 6.95. The Kier molecular flexibility index (Phi) is 4.98. The molecule has 1 N–H and O–H groups in total. The fourth-order valence-corrected chi connectivity index (χ4v) is 3.38. The number of hydrogen-bond donors (Lipinski definition) is 1. The van der Waals surface area contributed by atoms with E-state index in [4.69, 9.17) is 8.83 Å². The highest BCUT2D eigenvalue weighted by Crippen LogP contribution is 2.31. The zero-order chi connectivity index (χ0) is 19.6. The number of nitrogens with zero attached hydrogens (tertiary/aromatic N) is 4. The van der Waals surface area contributed by atoms with Crippen LogP contribution in [0.2, 0.25) is 0 Å². The van der Waals surface area contributed by atoms with Gasteiger partial charge in [0, 0.05) is 39.1 Å². The monoisotopic (exact) mass is 387 g/mol. The lowest BCUT2D eigenvalue weighted by molar-refractivity contribution is 0.492. The van der Waals surface area contributed by atoms with Crippen LogP contribution in [0, 0.1) is 18.3 Å². The average Bonchev–Trinajstić information content (AvgIpc) is 3.24. The van der Waals surface area contributed by atoms with Gasteiger partial charge in [-0.3, -0.25) is 4.98 Å². The summed E-state index contributed by atoms with van der Waals surface area (Å²) in [4.78, 5) is 8.12. The van der Waals surface area contributed by atoms with Crippen LogP contribution in [0.15, 0.2) is 44.3 Å². The molecular formula is C17H17N5O4S. The van der Waals surface area contributed by atoms with Gasteiger partial charge in [-0.05, 0) is 18.6 Å². The Labute approximate surface area is 156 Å². The molecule has 0 unspecified atom stereocenters. The lowest BCUT2D eigenvalue weighted by Crippen LogP contribution is -2.22. The highest BCUT2D eigenvalue weighted by molar-refractivity contribution is 7.89. The SMILES string of the molecule is Cc1oc(-c2nc(C#N)c(NCc3cccnc3)o2)cc1S(=O)(=O)N(C)C. The second-order valence-corrected chi connectivity index (χ2v) is 7.96. The second-order valence-electron chi connectivity index (χ2n) is 5.84. The van der Waals surface area contributed by atoms with Gasteiger partial charge in [0.2, 0.25) is 21.6 Å². The molecule has 0 aliphatic rings. The molecule has 3 heterocycles. The van der Waals surface area contributed by atoms with E-state index in [9.17, 15) is 13.7 Å². The Morgan fingerprint density at radius 2 is 2.11 bits per heavy atom. The molecule has 0 radical (unpaired) electrons. The van der Waals surface area contributed by atoms with Crippen molar-refractivity contribution < 1.29 is 17.3 Å². The zero-order valence-corrected chi connectivity index (χ0v) is 15.7. The molecule has 0 aliphatic heterocycles. The van der Waals surface area contributed by atoms with E-state index in [1.54, 1.807) is 18.5 Å². The topological polar surface area (TPSA) is 125 Å². The molecule has 3 aromatic heterocycles. The number of nitriles is 1. The van der Waals surface area contributed by atoms with E-state index in [0.717, 1.165) is 9.87 Å². The molecule has 9 nitrogen and oxygen atoms in total. The highest BCUT2D eigenvalue weighted by Gasteiger charge is 2.26. The maximum Gasteiger partial charge on any atom is 0.266 e. The van der Waals surface area contributed by atoms with Gasteiger partial charge in [-0.1, -0.05) is 6.07 Å². The molecule has 0 aliphatic carbocycles. The fourth-order valence-electron chi connectivity index (χ4n) is 2.33. The molecule has 0 saturated heterocycles. The first-order valence-electron chi connectivity index (χ1n) is 7.90. The second kappa shape index (κ2) is 7.22. The third-order valence-corrected chi connectivity index (χ3v) is 5.67. The van der Waals surface area contributed by atoms with Gasteiger partial charge >= 0.3 is 0 Å². The van der Waals surface area contributed by atoms with Crippen LogP contribution in [0.3, 0.4) is 0 Å². The summed E-state index contributed by atoms with van der Waals surface area (Å²) >= 11 is 0. The number of aryl methyl sites for hydroxylation is 1. The molecule has 0 fully saturated rings. The number of pyridine rings is 1. The Hall–Kier alpha value is -3.16. The molecule has 27 heavy (non-hydrogen) atoms. The molecular weight excluding hydrogens is 370 g/mol. The standard InChI is InChI=1S/C17H17N5O4S/c1-11-15(27(23,24)22(2)3)7-14(25-11)17-21-13(8-18)16(26-17)20-10-12-5-4-6-19-9-12/h4-7,9,20H,10H2,1-3H3. The molecule has 0 bridgehead atoms. The lowest BCUT2D eigenvalue weighted by Gasteiger charge is -2.09. The normalized spacial score (nSPS) is 11.5. The molecule has 10 heteroatoms. The minimum Gasteiger partial charge on any atom is -0.455 e. The van der Waals surface area contributed by atoms with Crippen molar-refractivity contribution in [3.8, 4) is 17.7 Å². The molecule has 3 aromatic rings. The van der Waals surface area contributed by atoms with Crippen LogP contribution in [-0.2, 0) is 16.6 Å². The van der Waals surface area contributed by atoms with E-state index in [0.29, 0.717) is 6.54 Å². The number of nitrogens with one attached hydrogen (secondary N) is 1. The molecule has 0 aromatic carbocycles. The Balaban J connectivity index is 1.91. The van der Waals surface area contributed by atoms with Gasteiger partial charge in [-0.15, -0.1) is 0 Å². The first-order chi connectivity index (χ1) is 12.8. The van der Waals surface area contributed by atoms with Gasteiger partial charge in [0.15, 0.2) is 5.76 Å². The fraction of sp³-hybridized carbons (Fsp3) is 0.235. The highest BCUT2D eigenvalue weighted by atomic mass is 32.2. The summed E-state index contributed by atoms with van der Waals surface area (Å²) in [6.07, 6.45) is 3.35. The minimum absolute atomic E-state index is 0.0172. The van der Waals surface area contributed by atoms with Crippen molar-refractivity contribution in [2.24, 2.45) is 0 Å². The van der Waals surface area contributed by atoms with E-state index in [1.807, 2.05) is 12.1 Å². The first-order valence-corrected chi connectivity index (χ1v) is 9.34. The van der Waals surface area contributed by atoms with Gasteiger partial charge in [0.1, 0.15) is 16.7 Å². The van der Waals surface area contributed by atoms with E-state index in [1.165, 1.54) is 27.1 Å². The van der Waals surface area contributed by atoms with Crippen molar-refractivity contribution in [1.29, 1.82) is 5.26 Å². The summed E-state index contributed by atoms with van der Waals surface area (Å²) in [5.74, 6) is 0.519. The van der Waals surface area contributed by atoms with Crippen LogP contribution in [-0.4, -0.2) is 36.8 Å². The van der Waals surface area contributed by atoms with E-state index < -0.39 is 10.0 Å². The number of aromatic nitrogens is 2. The maximum absolute atomic E-state index is 12.3. The van der Waals surface area contributed by atoms with Crippen molar-refractivity contribution in [3.05, 3.63) is 47.6 Å². The Morgan fingerprint density at radius 3 is 2.74 bits per heavy atom. The van der Waals surface area contributed by atoms with Gasteiger partial charge in [0.05, 0.1) is 0 Å². The van der Waals surface area contributed by atoms with Crippen molar-refractivity contribution in [2.45, 2.75) is 18.4 Å². The van der Waals surface area contributed by atoms with E-state index in [2.05, 4.69) is 15.3 Å². The Bertz CT molecular complexity index is 1090. The largest absolute Gasteiger partial charge is 0.455 e. The summed E-state index contributed by atoms with van der Waals surface area (Å²) in [5, 5.41) is 12.3. The third kappa shape index (κ3) is 3.69. The number of hydrogen-bond acceptors (Lipinski definition) is 8. The molecule has 0 amide bonds. The molecule has 140 valence electrons. The van der Waals surface area contributed by atoms with Crippen molar-refractivity contribution in [2.75, 3.05) is 19.4 Å². The predicted octanol–water partition coefficient (Wildman–Crippen LogP) is 2.37. The van der Waals surface area contributed by atoms with E-state index >= 15 is 0 Å². The first kappa shape index (κ1) is 18.6. The average molecular weight is 387 g/mol. The minimum atomic E-state index is -3.67. The summed E-state index contributed by atoms with van der Waals surface area (Å²) in [6.45, 7) is 1.92. The van der Waals surface area contributed by atoms with Crippen LogP contribution in [0.1, 0.15) is 17.0 Å². The summed E-state index contributed by atoms with van der Waals surface area (Å²) in [5.41, 5.74) is 0.938. The van der Waals surface area contributed by atoms with Crippen molar-refractivity contribution in [1.82, 2.24) is 14.3 Å². The van der Waals surface area contributed by atoms with Gasteiger partial charge in [-0.25, -0.2) is 12.7 Å². The van der Waals surface area contributed by atoms with Crippen molar-refractivity contribution in [3.63, 3.8) is 0 Å². The number of sulfonamides is 1. The van der Waals surface area contributed by atoms with Crippen LogP contribution in [0.4, 0.5) is 5.88 Å². The summed E-state index contributed by atoms with van der Waals surface area (Å²) < 4.78 is 36.8. The molecule has 0 saturated carbocycles. The third-order valence-electron chi connectivity index (χ3n) is 3.75. The number of furan rings is 1. The number of oxazole rings is 1. The number of anilines is 1. The van der Waals surface area contributed by atoms with Crippen molar-refractivity contribution >= 4 is 15.9 Å². The smallest absolute Gasteiger partial charge is 0.266 e. The quantitative estimate of drug-likeness (QED) is 0.683. The van der Waals surface area contributed by atoms with Crippen LogP contribution in [0.25, 0.3) is 11.7 Å². The van der Waals surface area contributed by atoms with Gasteiger partial charge in [-0.2, -0.15) is 10.2 Å². The maximum atomic E-state index is 12.3. The zero-order valence-electron chi connectivity index (χ0n) is 14.9.